The number of anilines is 2. The van der Waals surface area contributed by atoms with Crippen molar-refractivity contribution in [2.45, 2.75) is 49.1 Å². The van der Waals surface area contributed by atoms with Crippen LogP contribution in [0.1, 0.15) is 12.5 Å². The minimum Gasteiger partial charge on any atom is -0.387 e. The average molecular weight is 659 g/mol. The Labute approximate surface area is 245 Å². The summed E-state index contributed by atoms with van der Waals surface area (Å²) in [7, 11) is -2.96. The van der Waals surface area contributed by atoms with E-state index in [4.69, 9.17) is 50.8 Å². The van der Waals surface area contributed by atoms with E-state index in [1.54, 1.807) is 0 Å². The molecule has 2 bridgehead atoms. The van der Waals surface area contributed by atoms with Gasteiger partial charge < -0.3 is 35.5 Å². The van der Waals surface area contributed by atoms with E-state index in [0.29, 0.717) is 0 Å². The predicted octanol–water partition coefficient (Wildman–Crippen LogP) is 0.0158. The van der Waals surface area contributed by atoms with Gasteiger partial charge in [0.25, 0.3) is 0 Å². The number of aromatic nitrogens is 8. The summed E-state index contributed by atoms with van der Waals surface area (Å²) in [5.74, 6) is 0.175. The normalized spacial score (nSPS) is 36.3. The minimum absolute atomic E-state index is 0.0737. The zero-order valence-electron chi connectivity index (χ0n) is 21.5. The third-order valence-corrected chi connectivity index (χ3v) is 9.45. The van der Waals surface area contributed by atoms with Gasteiger partial charge in [0, 0.05) is 4.57 Å². The molecule has 19 nitrogen and oxygen atoms in total. The highest BCUT2D eigenvalue weighted by Gasteiger charge is 2.55. The smallest absolute Gasteiger partial charge is 0.387 e. The van der Waals surface area contributed by atoms with E-state index in [0.717, 1.165) is 0 Å². The Balaban J connectivity index is 1.18. The highest BCUT2D eigenvalue weighted by molar-refractivity contribution is 8.07. The molecular weight excluding hydrogens is 637 g/mol. The molecule has 228 valence electrons. The van der Waals surface area contributed by atoms with E-state index in [1.807, 2.05) is 0 Å². The van der Waals surface area contributed by atoms with Crippen molar-refractivity contribution in [3.63, 3.8) is 0 Å². The summed E-state index contributed by atoms with van der Waals surface area (Å²) in [4.78, 5) is 35.2. The number of ether oxygens (including phenoxy) is 2. The largest absolute Gasteiger partial charge is 0.698 e. The lowest BCUT2D eigenvalue weighted by molar-refractivity contribution is -0.0579. The number of fused-ring (bicyclic) bond motifs is 5. The molecular formula is C20H22FN10O9P2S+. The number of rotatable bonds is 2. The molecule has 3 aliphatic heterocycles. The monoisotopic (exact) mass is 659 g/mol. The molecule has 0 amide bonds. The molecule has 3 aliphatic rings. The van der Waals surface area contributed by atoms with Gasteiger partial charge in [-0.3, -0.25) is 13.7 Å². The van der Waals surface area contributed by atoms with Crippen LogP contribution in [0.3, 0.4) is 0 Å². The van der Waals surface area contributed by atoms with Crippen molar-refractivity contribution in [1.29, 1.82) is 0 Å². The van der Waals surface area contributed by atoms with Crippen LogP contribution >= 0.6 is 15.0 Å². The van der Waals surface area contributed by atoms with E-state index >= 15 is 4.39 Å². The number of hydrogen-bond donors (Lipinski definition) is 4. The molecule has 3 saturated heterocycles. The molecule has 0 spiro atoms. The van der Waals surface area contributed by atoms with Gasteiger partial charge in [0.15, 0.2) is 47.7 Å². The van der Waals surface area contributed by atoms with Crippen LogP contribution in [0.4, 0.5) is 16.0 Å². The second-order valence-corrected chi connectivity index (χ2v) is 13.4. The summed E-state index contributed by atoms with van der Waals surface area (Å²) < 4.78 is 65.5. The molecule has 0 aliphatic carbocycles. The van der Waals surface area contributed by atoms with Crippen LogP contribution < -0.4 is 11.5 Å². The van der Waals surface area contributed by atoms with Crippen LogP contribution in [0.15, 0.2) is 25.3 Å². The lowest BCUT2D eigenvalue weighted by atomic mass is 10.1. The Morgan fingerprint density at radius 2 is 1.53 bits per heavy atom. The summed E-state index contributed by atoms with van der Waals surface area (Å²) in [6, 6.07) is 0. The number of aliphatic hydroxyl groups excluding tert-OH is 1. The summed E-state index contributed by atoms with van der Waals surface area (Å²) in [6.07, 6.45) is -6.26. The van der Waals surface area contributed by atoms with Gasteiger partial charge in [-0.1, -0.05) is 0 Å². The molecule has 3 fully saturated rings. The summed E-state index contributed by atoms with van der Waals surface area (Å²) in [5.41, 5.74) is 12.6. The standard InChI is InChI=1S/C20H21FN10O9P2S/c21-9-13-8(38-19(9)30-5-28-10-15(22)24-3-26-17(10)30)1-35-41(33)39-14-12(32)7(2-36-42(34,43)40-13)37-20(14)31-6-29-11-16(23)25-4-27-18(11)31/h3-9,12-14,19-20,32H,1-2H2,(H4-,22,23,24,25,26,27,34,43)/p+1/t7-,8-,9-,12-,13-,14-,19-,20-,42?/m1/s1. The van der Waals surface area contributed by atoms with E-state index in [-0.39, 0.29) is 34.0 Å². The number of aliphatic hydroxyl groups is 1. The Kier molecular flexibility index (Phi) is 7.30. The number of nitrogens with two attached hydrogens (primary N) is 2. The number of nitrogens with zero attached hydrogens (tertiary/aromatic N) is 8. The molecule has 43 heavy (non-hydrogen) atoms. The molecule has 7 heterocycles. The van der Waals surface area contributed by atoms with Gasteiger partial charge in [0.2, 0.25) is 0 Å². The van der Waals surface area contributed by atoms with Crippen molar-refractivity contribution in [3.8, 4) is 0 Å². The molecule has 0 saturated carbocycles. The second kappa shape index (κ2) is 10.9. The third kappa shape index (κ3) is 5.05. The molecule has 4 aromatic rings. The molecule has 0 aromatic carbocycles. The van der Waals surface area contributed by atoms with Crippen molar-refractivity contribution in [3.05, 3.63) is 25.3 Å². The van der Waals surface area contributed by atoms with Crippen molar-refractivity contribution in [2.75, 3.05) is 24.7 Å². The Bertz CT molecular complexity index is 1770. The van der Waals surface area contributed by atoms with Crippen LogP contribution in [-0.2, 0) is 43.9 Å². The van der Waals surface area contributed by atoms with Gasteiger partial charge in [-0.05, 0) is 11.8 Å². The van der Waals surface area contributed by atoms with Gasteiger partial charge in [-0.25, -0.2) is 34.3 Å². The second-order valence-electron chi connectivity index (χ2n) is 9.65. The Morgan fingerprint density at radius 3 is 2.19 bits per heavy atom. The first kappa shape index (κ1) is 28.8. The number of halogens is 1. The topological polar surface area (TPSA) is 252 Å². The Morgan fingerprint density at radius 1 is 0.930 bits per heavy atom. The van der Waals surface area contributed by atoms with Crippen LogP contribution in [0.25, 0.3) is 22.3 Å². The van der Waals surface area contributed by atoms with Gasteiger partial charge in [-0.15, -0.1) is 9.05 Å². The van der Waals surface area contributed by atoms with E-state index in [2.05, 4.69) is 29.9 Å². The zero-order chi connectivity index (χ0) is 30.0. The first-order valence-corrected chi connectivity index (χ1v) is 16.2. The van der Waals surface area contributed by atoms with Crippen molar-refractivity contribution >= 4 is 60.7 Å². The highest BCUT2D eigenvalue weighted by atomic mass is 32.5. The average Bonchev–Trinajstić information content (AvgIpc) is 3.73. The van der Waals surface area contributed by atoms with E-state index in [9.17, 15) is 14.6 Å². The van der Waals surface area contributed by atoms with E-state index < -0.39 is 77.3 Å². The number of hydrogen-bond acceptors (Lipinski definition) is 17. The first-order chi connectivity index (χ1) is 20.6. The molecule has 0 radical (unpaired) electrons. The van der Waals surface area contributed by atoms with E-state index in [1.165, 1.54) is 34.4 Å². The fraction of sp³-hybridized carbons (Fsp3) is 0.500. The molecule has 10 atom stereocenters. The maximum atomic E-state index is 15.9. The number of alkyl halides is 1. The van der Waals surface area contributed by atoms with Gasteiger partial charge in [0.1, 0.15) is 54.7 Å². The SMILES string of the molecule is Nc1ncnc2c1ncn2[C@@H]1O[C@@H]2CO[P+](=O)O[C@@H]3[C@H](O)[C@@H](COP(O)(=S)O[C@H]2[C@H]1F)O[C@H]3n1cnc2c(N)ncnc21. The maximum absolute atomic E-state index is 15.9. The molecule has 6 N–H and O–H groups in total. The number of imidazole rings is 2. The maximum Gasteiger partial charge on any atom is 0.698 e. The first-order valence-electron chi connectivity index (χ1n) is 12.5. The summed E-state index contributed by atoms with van der Waals surface area (Å²) >= 11 is 5.16. The lowest BCUT2D eigenvalue weighted by Crippen LogP contribution is -2.35. The zero-order valence-corrected chi connectivity index (χ0v) is 24.1. The van der Waals surface area contributed by atoms with Crippen LogP contribution in [0.2, 0.25) is 0 Å². The van der Waals surface area contributed by atoms with Gasteiger partial charge in [-0.2, -0.15) is 0 Å². The Hall–Kier alpha value is -2.94. The van der Waals surface area contributed by atoms with Crippen molar-refractivity contribution in [2.24, 2.45) is 0 Å². The predicted molar refractivity (Wildman–Crippen MR) is 144 cm³/mol. The van der Waals surface area contributed by atoms with Crippen LogP contribution in [0, 0.1) is 0 Å². The summed E-state index contributed by atoms with van der Waals surface area (Å²) in [6.45, 7) is -5.23. The van der Waals surface area contributed by atoms with Gasteiger partial charge >= 0.3 is 15.0 Å². The van der Waals surface area contributed by atoms with Crippen molar-refractivity contribution < 1.29 is 46.5 Å². The molecule has 2 unspecified atom stereocenters. The molecule has 4 aromatic heterocycles. The lowest BCUT2D eigenvalue weighted by Gasteiger charge is -2.25. The van der Waals surface area contributed by atoms with Gasteiger partial charge in [0.05, 0.1) is 19.3 Å². The quantitative estimate of drug-likeness (QED) is 0.207. The van der Waals surface area contributed by atoms with Crippen LogP contribution in [0.5, 0.6) is 0 Å². The molecule has 23 heteroatoms. The molecule has 7 rings (SSSR count). The highest BCUT2D eigenvalue weighted by Crippen LogP contribution is 2.51. The fourth-order valence-electron chi connectivity index (χ4n) is 5.10. The van der Waals surface area contributed by atoms with Crippen molar-refractivity contribution in [1.82, 2.24) is 39.0 Å². The number of nitrogen functional groups attached to an aromatic ring is 2. The minimum atomic E-state index is -4.19. The van der Waals surface area contributed by atoms with Crippen LogP contribution in [-0.4, -0.2) is 98.9 Å². The third-order valence-electron chi connectivity index (χ3n) is 7.11. The fourth-order valence-corrected chi connectivity index (χ4v) is 7.29. The summed E-state index contributed by atoms with van der Waals surface area (Å²) in [5, 5.41) is 11.0.